The maximum atomic E-state index is 4.96. The lowest BCUT2D eigenvalue weighted by Gasteiger charge is -2.21. The summed E-state index contributed by atoms with van der Waals surface area (Å²) < 4.78 is 2.44. The number of rotatable bonds is 5. The van der Waals surface area contributed by atoms with Gasteiger partial charge in [-0.05, 0) is 76.6 Å². The molecule has 2 aliphatic carbocycles. The minimum Gasteiger partial charge on any atom is -0.309 e. The van der Waals surface area contributed by atoms with Gasteiger partial charge in [-0.1, -0.05) is 141 Å². The van der Waals surface area contributed by atoms with Crippen LogP contribution in [0.25, 0.3) is 78.1 Å². The molecular weight excluding hydrogens is 633 g/mol. The lowest BCUT2D eigenvalue weighted by atomic mass is 9.82. The molecule has 248 valence electrons. The molecule has 0 aliphatic heterocycles. The smallest absolute Gasteiger partial charge is 0.164 e. The van der Waals surface area contributed by atoms with Crippen molar-refractivity contribution in [2.75, 3.05) is 0 Å². The fourth-order valence-corrected chi connectivity index (χ4v) is 8.21. The maximum absolute atomic E-state index is 4.96. The van der Waals surface area contributed by atoms with Gasteiger partial charge in [-0.3, -0.25) is 0 Å². The zero-order valence-electron chi connectivity index (χ0n) is 29.2. The standard InChI is InChI=1S/C48H36N4/c1-48(2)41-22-11-9-20-37(41)39-29-40-38-21-10-12-23-43(38)52(44(40)30-42(39)48)36-19-13-18-35(28-36)31-24-26-34(27-25-31)47-50-45(32-14-5-3-6-15-32)49-46(51-47)33-16-7-4-8-17-33/h3,5-7,9-30H,4,8H2,1-2H3. The summed E-state index contributed by atoms with van der Waals surface area (Å²) in [5, 5.41) is 2.55. The van der Waals surface area contributed by atoms with Crippen molar-refractivity contribution in [1.82, 2.24) is 19.5 Å². The Kier molecular flexibility index (Phi) is 6.94. The van der Waals surface area contributed by atoms with E-state index in [1.807, 2.05) is 30.3 Å². The van der Waals surface area contributed by atoms with E-state index in [2.05, 4.69) is 146 Å². The van der Waals surface area contributed by atoms with E-state index in [-0.39, 0.29) is 5.41 Å². The number of nitrogens with zero attached hydrogens (tertiary/aromatic N) is 4. The molecule has 0 atom stereocenters. The zero-order chi connectivity index (χ0) is 34.8. The Morgan fingerprint density at radius 3 is 2.00 bits per heavy atom. The van der Waals surface area contributed by atoms with Gasteiger partial charge in [-0.2, -0.15) is 0 Å². The third-order valence-electron chi connectivity index (χ3n) is 10.9. The third kappa shape index (κ3) is 4.86. The predicted molar refractivity (Wildman–Crippen MR) is 214 cm³/mol. The summed E-state index contributed by atoms with van der Waals surface area (Å²) in [6.45, 7) is 4.71. The van der Waals surface area contributed by atoms with Crippen LogP contribution in [0.4, 0.5) is 0 Å². The molecule has 0 radical (unpaired) electrons. The minimum atomic E-state index is -0.0732. The summed E-state index contributed by atoms with van der Waals surface area (Å²) >= 11 is 0. The maximum Gasteiger partial charge on any atom is 0.164 e. The van der Waals surface area contributed by atoms with Gasteiger partial charge in [0.25, 0.3) is 0 Å². The first-order valence-electron chi connectivity index (χ1n) is 18.1. The van der Waals surface area contributed by atoms with Crippen molar-refractivity contribution in [2.45, 2.75) is 32.1 Å². The molecule has 0 saturated heterocycles. The highest BCUT2D eigenvalue weighted by Crippen LogP contribution is 2.51. The number of para-hydroxylation sites is 1. The average molecular weight is 669 g/mol. The first-order valence-corrected chi connectivity index (χ1v) is 18.1. The Morgan fingerprint density at radius 2 is 1.19 bits per heavy atom. The molecule has 8 aromatic rings. The van der Waals surface area contributed by atoms with Crippen LogP contribution in [0.15, 0.2) is 158 Å². The van der Waals surface area contributed by atoms with Crippen LogP contribution in [0.3, 0.4) is 0 Å². The number of aromatic nitrogens is 4. The average Bonchev–Trinajstić information content (AvgIpc) is 3.65. The van der Waals surface area contributed by atoms with Gasteiger partial charge in [0, 0.05) is 38.6 Å². The zero-order valence-corrected chi connectivity index (χ0v) is 29.2. The number of fused-ring (bicyclic) bond motifs is 6. The van der Waals surface area contributed by atoms with Crippen LogP contribution in [-0.2, 0) is 5.41 Å². The lowest BCUT2D eigenvalue weighted by Crippen LogP contribution is -2.14. The van der Waals surface area contributed by atoms with Crippen LogP contribution in [-0.4, -0.2) is 19.5 Å². The molecule has 4 heteroatoms. The summed E-state index contributed by atoms with van der Waals surface area (Å²) in [6, 6.07) is 50.2. The van der Waals surface area contributed by atoms with Gasteiger partial charge >= 0.3 is 0 Å². The normalized spacial score (nSPS) is 14.4. The van der Waals surface area contributed by atoms with Crippen molar-refractivity contribution < 1.29 is 0 Å². The van der Waals surface area contributed by atoms with E-state index in [1.165, 1.54) is 44.1 Å². The second-order valence-corrected chi connectivity index (χ2v) is 14.4. The van der Waals surface area contributed by atoms with Crippen LogP contribution in [0.2, 0.25) is 0 Å². The molecule has 0 bridgehead atoms. The second-order valence-electron chi connectivity index (χ2n) is 14.4. The van der Waals surface area contributed by atoms with Gasteiger partial charge in [-0.15, -0.1) is 0 Å². The Hall–Kier alpha value is -6.39. The van der Waals surface area contributed by atoms with Crippen molar-refractivity contribution in [1.29, 1.82) is 0 Å². The van der Waals surface area contributed by atoms with Gasteiger partial charge in [-0.25, -0.2) is 15.0 Å². The summed E-state index contributed by atoms with van der Waals surface area (Å²) in [7, 11) is 0. The van der Waals surface area contributed by atoms with E-state index in [0.29, 0.717) is 17.5 Å². The third-order valence-corrected chi connectivity index (χ3v) is 10.9. The largest absolute Gasteiger partial charge is 0.309 e. The molecular formula is C48H36N4. The van der Waals surface area contributed by atoms with E-state index >= 15 is 0 Å². The van der Waals surface area contributed by atoms with Gasteiger partial charge < -0.3 is 4.57 Å². The fraction of sp³-hybridized carbons (Fsp3) is 0.104. The number of benzene rings is 6. The molecule has 2 aliphatic rings. The van der Waals surface area contributed by atoms with Crippen LogP contribution < -0.4 is 0 Å². The number of hydrogen-bond acceptors (Lipinski definition) is 3. The van der Waals surface area contributed by atoms with Crippen molar-refractivity contribution in [3.05, 3.63) is 175 Å². The minimum absolute atomic E-state index is 0.0732. The molecule has 2 aromatic heterocycles. The van der Waals surface area contributed by atoms with E-state index in [0.717, 1.165) is 46.4 Å². The molecule has 0 N–H and O–H groups in total. The molecule has 0 amide bonds. The van der Waals surface area contributed by atoms with Gasteiger partial charge in [0.1, 0.15) is 0 Å². The van der Waals surface area contributed by atoms with E-state index in [1.54, 1.807) is 0 Å². The highest BCUT2D eigenvalue weighted by Gasteiger charge is 2.36. The number of allylic oxidation sites excluding steroid dienone is 4. The topological polar surface area (TPSA) is 43.6 Å². The van der Waals surface area contributed by atoms with Gasteiger partial charge in [0.2, 0.25) is 0 Å². The van der Waals surface area contributed by atoms with Crippen molar-refractivity contribution in [3.8, 4) is 50.7 Å². The predicted octanol–water partition coefficient (Wildman–Crippen LogP) is 12.0. The van der Waals surface area contributed by atoms with E-state index < -0.39 is 0 Å². The van der Waals surface area contributed by atoms with Gasteiger partial charge in [0.05, 0.1) is 11.0 Å². The van der Waals surface area contributed by atoms with Crippen molar-refractivity contribution >= 4 is 27.4 Å². The Labute approximate surface area is 303 Å². The number of hydrogen-bond donors (Lipinski definition) is 0. The molecule has 4 nitrogen and oxygen atoms in total. The molecule has 0 spiro atoms. The SMILES string of the molecule is CC1(C)c2ccccc2-c2cc3c4ccccc4n(-c4cccc(-c5ccc(-c6nc(C7=CCCC=C7)nc(-c7ccccc7)n6)cc5)c4)c3cc21. The van der Waals surface area contributed by atoms with Crippen LogP contribution >= 0.6 is 0 Å². The highest BCUT2D eigenvalue weighted by molar-refractivity contribution is 6.11. The first-order chi connectivity index (χ1) is 25.5. The van der Waals surface area contributed by atoms with Crippen molar-refractivity contribution in [2.24, 2.45) is 0 Å². The van der Waals surface area contributed by atoms with Crippen LogP contribution in [0.1, 0.15) is 43.6 Å². The summed E-state index contributed by atoms with van der Waals surface area (Å²) in [6.07, 6.45) is 8.56. The lowest BCUT2D eigenvalue weighted by molar-refractivity contribution is 0.661. The highest BCUT2D eigenvalue weighted by atomic mass is 15.0. The van der Waals surface area contributed by atoms with E-state index in [4.69, 9.17) is 15.0 Å². The summed E-state index contributed by atoms with van der Waals surface area (Å²) in [4.78, 5) is 14.8. The monoisotopic (exact) mass is 668 g/mol. The molecule has 6 aromatic carbocycles. The van der Waals surface area contributed by atoms with Crippen LogP contribution in [0.5, 0.6) is 0 Å². The van der Waals surface area contributed by atoms with Gasteiger partial charge in [0.15, 0.2) is 17.5 Å². The Morgan fingerprint density at radius 1 is 0.500 bits per heavy atom. The quantitative estimate of drug-likeness (QED) is 0.183. The van der Waals surface area contributed by atoms with Crippen LogP contribution in [0, 0.1) is 0 Å². The molecule has 0 saturated carbocycles. The second kappa shape index (κ2) is 11.9. The summed E-state index contributed by atoms with van der Waals surface area (Å²) in [5.74, 6) is 2.06. The molecule has 52 heavy (non-hydrogen) atoms. The Bertz CT molecular complexity index is 2750. The molecule has 2 heterocycles. The Balaban J connectivity index is 1.06. The summed E-state index contributed by atoms with van der Waals surface area (Å²) in [5.41, 5.74) is 14.3. The fourth-order valence-electron chi connectivity index (χ4n) is 8.21. The van der Waals surface area contributed by atoms with E-state index in [9.17, 15) is 0 Å². The first kappa shape index (κ1) is 30.4. The van der Waals surface area contributed by atoms with Crippen molar-refractivity contribution in [3.63, 3.8) is 0 Å². The molecule has 10 rings (SSSR count). The molecule has 0 unspecified atom stereocenters. The molecule has 0 fully saturated rings.